The van der Waals surface area contributed by atoms with Crippen LogP contribution in [0.15, 0.2) is 54.6 Å². The second-order valence-electron chi connectivity index (χ2n) is 6.18. The Bertz CT molecular complexity index is 1170. The van der Waals surface area contributed by atoms with Crippen LogP contribution in [0, 0.1) is 10.1 Å². The van der Waals surface area contributed by atoms with Crippen molar-refractivity contribution >= 4 is 28.6 Å². The molecule has 3 N–H and O–H groups in total. The van der Waals surface area contributed by atoms with Crippen LogP contribution in [0.5, 0.6) is 11.5 Å². The average molecular weight is 376 g/mol. The number of hydrogen-bond acceptors (Lipinski definition) is 7. The van der Waals surface area contributed by atoms with Crippen LogP contribution in [0.25, 0.3) is 0 Å². The normalized spacial score (nSPS) is 12.3. The van der Waals surface area contributed by atoms with Gasteiger partial charge >= 0.3 is 5.69 Å². The number of carbonyl (C=O) groups excluding carboxylic acids is 2. The molecule has 3 aromatic rings. The predicted molar refractivity (Wildman–Crippen MR) is 99.5 cm³/mol. The maximum atomic E-state index is 13.1. The van der Waals surface area contributed by atoms with Gasteiger partial charge in [-0.3, -0.25) is 19.7 Å². The van der Waals surface area contributed by atoms with Gasteiger partial charge in [-0.05, 0) is 30.3 Å². The number of aromatic hydroxyl groups is 2. The first-order valence-corrected chi connectivity index (χ1v) is 8.17. The lowest BCUT2D eigenvalue weighted by atomic mass is 9.82. The average Bonchev–Trinajstić information content (AvgIpc) is 2.67. The lowest BCUT2D eigenvalue weighted by molar-refractivity contribution is -0.385. The number of hydrogen-bond donors (Lipinski definition) is 3. The number of phenolic OH excluding ortho intramolecular Hbond substituents is 2. The molecule has 1 aliphatic rings. The first kappa shape index (κ1) is 17.2. The summed E-state index contributed by atoms with van der Waals surface area (Å²) in [6.45, 7) is 0. The monoisotopic (exact) mass is 376 g/mol. The fourth-order valence-electron chi connectivity index (χ4n) is 3.21. The van der Waals surface area contributed by atoms with Crippen LogP contribution in [0.3, 0.4) is 0 Å². The lowest BCUT2D eigenvalue weighted by Crippen LogP contribution is -2.22. The number of nitrogens with one attached hydrogen (secondary N) is 1. The summed E-state index contributed by atoms with van der Waals surface area (Å²) in [5, 5.41) is 34.2. The van der Waals surface area contributed by atoms with Crippen LogP contribution in [0.2, 0.25) is 0 Å². The summed E-state index contributed by atoms with van der Waals surface area (Å²) in [6.07, 6.45) is 0. The molecule has 3 aromatic carbocycles. The second-order valence-corrected chi connectivity index (χ2v) is 6.18. The highest BCUT2D eigenvalue weighted by Gasteiger charge is 2.36. The Hall–Kier alpha value is -4.20. The highest BCUT2D eigenvalue weighted by Crippen LogP contribution is 2.41. The van der Waals surface area contributed by atoms with Crippen LogP contribution in [-0.4, -0.2) is 26.7 Å². The van der Waals surface area contributed by atoms with Crippen LogP contribution in [0.4, 0.5) is 17.1 Å². The third kappa shape index (κ3) is 2.55. The fourth-order valence-corrected chi connectivity index (χ4v) is 3.21. The van der Waals surface area contributed by atoms with Gasteiger partial charge in [0.15, 0.2) is 17.3 Å². The number of para-hydroxylation sites is 1. The smallest absolute Gasteiger partial charge is 0.311 e. The van der Waals surface area contributed by atoms with Crippen LogP contribution < -0.4 is 5.32 Å². The SMILES string of the molecule is O=C1c2cc([N+](=O)[O-])c(O)cc2C(=O)c2c(Nc3ccccc3)ccc(O)c21. The van der Waals surface area contributed by atoms with Gasteiger partial charge in [0, 0.05) is 22.9 Å². The zero-order valence-corrected chi connectivity index (χ0v) is 14.2. The summed E-state index contributed by atoms with van der Waals surface area (Å²) in [6, 6.07) is 13.4. The van der Waals surface area contributed by atoms with E-state index < -0.39 is 33.7 Å². The van der Waals surface area contributed by atoms with Crippen molar-refractivity contribution in [3.63, 3.8) is 0 Å². The molecule has 8 nitrogen and oxygen atoms in total. The summed E-state index contributed by atoms with van der Waals surface area (Å²) in [5.74, 6) is -2.49. The van der Waals surface area contributed by atoms with Crippen molar-refractivity contribution in [3.8, 4) is 11.5 Å². The Morgan fingerprint density at radius 3 is 2.14 bits per heavy atom. The lowest BCUT2D eigenvalue weighted by Gasteiger charge is -2.21. The third-order valence-electron chi connectivity index (χ3n) is 4.49. The van der Waals surface area contributed by atoms with E-state index in [9.17, 15) is 29.9 Å². The Balaban J connectivity index is 1.92. The van der Waals surface area contributed by atoms with E-state index in [0.29, 0.717) is 11.4 Å². The van der Waals surface area contributed by atoms with Crippen LogP contribution >= 0.6 is 0 Å². The largest absolute Gasteiger partial charge is 0.507 e. The molecule has 0 saturated heterocycles. The summed E-state index contributed by atoms with van der Waals surface area (Å²) in [7, 11) is 0. The van der Waals surface area contributed by atoms with Gasteiger partial charge in [0.2, 0.25) is 0 Å². The van der Waals surface area contributed by atoms with Crippen molar-refractivity contribution in [1.29, 1.82) is 0 Å². The molecule has 138 valence electrons. The maximum Gasteiger partial charge on any atom is 0.311 e. The Morgan fingerprint density at radius 2 is 1.46 bits per heavy atom. The third-order valence-corrected chi connectivity index (χ3v) is 4.49. The molecule has 8 heteroatoms. The number of anilines is 2. The fraction of sp³-hybridized carbons (Fsp3) is 0. The van der Waals surface area contributed by atoms with E-state index >= 15 is 0 Å². The molecule has 0 unspecified atom stereocenters. The van der Waals surface area contributed by atoms with E-state index in [4.69, 9.17) is 0 Å². The Labute approximate surface area is 157 Å². The molecule has 0 aromatic heterocycles. The Morgan fingerprint density at radius 1 is 0.821 bits per heavy atom. The summed E-state index contributed by atoms with van der Waals surface area (Å²) < 4.78 is 0. The molecule has 0 atom stereocenters. The molecular weight excluding hydrogens is 364 g/mol. The van der Waals surface area contributed by atoms with Gasteiger partial charge in [0.1, 0.15) is 5.75 Å². The van der Waals surface area contributed by atoms with Gasteiger partial charge in [-0.25, -0.2) is 0 Å². The number of carbonyl (C=O) groups is 2. The van der Waals surface area contributed by atoms with Crippen molar-refractivity contribution in [2.24, 2.45) is 0 Å². The number of benzene rings is 3. The van der Waals surface area contributed by atoms with Gasteiger partial charge in [0.05, 0.1) is 21.7 Å². The van der Waals surface area contributed by atoms with E-state index in [-0.39, 0.29) is 22.3 Å². The molecule has 0 aliphatic heterocycles. The quantitative estimate of drug-likeness (QED) is 0.283. The number of nitro benzene ring substituents is 1. The standard InChI is InChI=1S/C20H12N2O6/c23-15-7-6-13(21-10-4-2-1-3-5-10)17-18(15)20(26)11-8-14(22(27)28)16(24)9-12(11)19(17)25/h1-9,21,23-24H. The highest BCUT2D eigenvalue weighted by molar-refractivity contribution is 6.31. The number of phenols is 2. The number of fused-ring (bicyclic) bond motifs is 2. The predicted octanol–water partition coefficient (Wildman–Crippen LogP) is 3.53. The minimum atomic E-state index is -0.851. The summed E-state index contributed by atoms with van der Waals surface area (Å²) in [4.78, 5) is 36.2. The molecular formula is C20H12N2O6. The minimum Gasteiger partial charge on any atom is -0.507 e. The first-order valence-electron chi connectivity index (χ1n) is 8.17. The number of nitro groups is 1. The van der Waals surface area contributed by atoms with Crippen molar-refractivity contribution < 1.29 is 24.7 Å². The molecule has 0 spiro atoms. The van der Waals surface area contributed by atoms with Gasteiger partial charge < -0.3 is 15.5 Å². The molecule has 28 heavy (non-hydrogen) atoms. The first-order chi connectivity index (χ1) is 13.4. The van der Waals surface area contributed by atoms with E-state index in [1.807, 2.05) is 6.07 Å². The number of rotatable bonds is 3. The summed E-state index contributed by atoms with van der Waals surface area (Å²) >= 11 is 0. The topological polar surface area (TPSA) is 130 Å². The van der Waals surface area contributed by atoms with E-state index in [2.05, 4.69) is 5.32 Å². The van der Waals surface area contributed by atoms with Crippen molar-refractivity contribution in [3.05, 3.63) is 87.0 Å². The zero-order chi connectivity index (χ0) is 20.0. The molecule has 4 rings (SSSR count). The molecule has 1 aliphatic carbocycles. The van der Waals surface area contributed by atoms with Gasteiger partial charge in [-0.15, -0.1) is 0 Å². The van der Waals surface area contributed by atoms with Crippen molar-refractivity contribution in [2.45, 2.75) is 0 Å². The van der Waals surface area contributed by atoms with Crippen molar-refractivity contribution in [2.75, 3.05) is 5.32 Å². The molecule has 0 fully saturated rings. The van der Waals surface area contributed by atoms with Gasteiger partial charge in [-0.1, -0.05) is 18.2 Å². The van der Waals surface area contributed by atoms with E-state index in [1.165, 1.54) is 12.1 Å². The highest BCUT2D eigenvalue weighted by atomic mass is 16.6. The molecule has 0 heterocycles. The second kappa shape index (κ2) is 6.20. The van der Waals surface area contributed by atoms with E-state index in [0.717, 1.165) is 12.1 Å². The maximum absolute atomic E-state index is 13.1. The van der Waals surface area contributed by atoms with Crippen LogP contribution in [0.1, 0.15) is 31.8 Å². The number of nitrogens with zero attached hydrogens (tertiary/aromatic N) is 1. The minimum absolute atomic E-state index is 0.0605. The molecule has 0 bridgehead atoms. The Kier molecular flexibility index (Phi) is 3.82. The van der Waals surface area contributed by atoms with Gasteiger partial charge in [-0.2, -0.15) is 0 Å². The molecule has 0 amide bonds. The van der Waals surface area contributed by atoms with Crippen molar-refractivity contribution in [1.82, 2.24) is 0 Å². The zero-order valence-electron chi connectivity index (χ0n) is 14.2. The summed E-state index contributed by atoms with van der Waals surface area (Å²) in [5.41, 5.74) is -0.445. The van der Waals surface area contributed by atoms with Gasteiger partial charge in [0.25, 0.3) is 0 Å². The van der Waals surface area contributed by atoms with E-state index in [1.54, 1.807) is 24.3 Å². The van der Waals surface area contributed by atoms with Crippen LogP contribution in [-0.2, 0) is 0 Å². The molecule has 0 saturated carbocycles. The number of ketones is 2. The molecule has 0 radical (unpaired) electrons.